The van der Waals surface area contributed by atoms with Crippen LogP contribution in [0.1, 0.15) is 12.5 Å². The minimum absolute atomic E-state index is 0.235. The smallest absolute Gasteiger partial charge is 0.253 e. The second-order valence-electron chi connectivity index (χ2n) is 6.49. The molecule has 2 aromatic carbocycles. The zero-order chi connectivity index (χ0) is 22.2. The second kappa shape index (κ2) is 10.9. The average molecular weight is 500 g/mol. The molecule has 1 heterocycles. The predicted molar refractivity (Wildman–Crippen MR) is 127 cm³/mol. The molecule has 0 spiro atoms. The maximum atomic E-state index is 12.5. The maximum absolute atomic E-state index is 12.5. The summed E-state index contributed by atoms with van der Waals surface area (Å²) in [5.74, 6) is 1.20. The molecule has 0 radical (unpaired) electrons. The van der Waals surface area contributed by atoms with Crippen LogP contribution in [0, 0.1) is 0 Å². The molecule has 0 unspecified atom stereocenters. The summed E-state index contributed by atoms with van der Waals surface area (Å²) in [7, 11) is 1.60. The molecule has 9 heteroatoms. The molecule has 7 nitrogen and oxygen atoms in total. The maximum Gasteiger partial charge on any atom is 0.253 e. The van der Waals surface area contributed by atoms with Gasteiger partial charge in [0.2, 0.25) is 0 Å². The van der Waals surface area contributed by atoms with Crippen molar-refractivity contribution < 1.29 is 9.53 Å². The van der Waals surface area contributed by atoms with Crippen molar-refractivity contribution in [1.82, 2.24) is 20.2 Å². The number of amides is 1. The van der Waals surface area contributed by atoms with Crippen LogP contribution >= 0.6 is 27.7 Å². The number of thioether (sulfide) groups is 1. The monoisotopic (exact) mass is 499 g/mol. The van der Waals surface area contributed by atoms with Crippen LogP contribution in [0.25, 0.3) is 11.4 Å². The minimum Gasteiger partial charge on any atom is -0.497 e. The topological polar surface area (TPSA) is 81.4 Å². The van der Waals surface area contributed by atoms with Crippen LogP contribution in [-0.2, 0) is 11.3 Å². The van der Waals surface area contributed by atoms with Gasteiger partial charge in [0.05, 0.1) is 18.6 Å². The second-order valence-corrected chi connectivity index (χ2v) is 8.71. The zero-order valence-electron chi connectivity index (χ0n) is 17.2. The Hall–Kier alpha value is -2.91. The van der Waals surface area contributed by atoms with Gasteiger partial charge in [-0.2, -0.15) is 5.10 Å². The van der Waals surface area contributed by atoms with E-state index < -0.39 is 5.25 Å². The Bertz CT molecular complexity index is 1100. The lowest BCUT2D eigenvalue weighted by Gasteiger charge is -2.11. The van der Waals surface area contributed by atoms with Gasteiger partial charge in [0, 0.05) is 16.6 Å². The normalized spacial score (nSPS) is 12.0. The van der Waals surface area contributed by atoms with E-state index in [0.29, 0.717) is 17.5 Å². The Morgan fingerprint density at radius 2 is 2.13 bits per heavy atom. The van der Waals surface area contributed by atoms with Crippen LogP contribution in [0.4, 0.5) is 0 Å². The molecule has 0 aliphatic heterocycles. The summed E-state index contributed by atoms with van der Waals surface area (Å²) in [6.07, 6.45) is 3.35. The fourth-order valence-electron chi connectivity index (χ4n) is 2.71. The number of hydrogen-bond donors (Lipinski definition) is 1. The summed E-state index contributed by atoms with van der Waals surface area (Å²) in [4.78, 5) is 12.5. The van der Waals surface area contributed by atoms with E-state index in [2.05, 4.69) is 43.2 Å². The SMILES string of the molecule is C=CCn1c(S[C@H](C)C(=O)N/N=C\c2cccc(OC)c2)nnc1-c1cccc(Br)c1. The molecule has 1 atom stereocenters. The first-order chi connectivity index (χ1) is 15.0. The van der Waals surface area contributed by atoms with E-state index in [9.17, 15) is 4.79 Å². The lowest BCUT2D eigenvalue weighted by molar-refractivity contribution is -0.120. The Labute approximate surface area is 193 Å². The summed E-state index contributed by atoms with van der Waals surface area (Å²) < 4.78 is 8.07. The minimum atomic E-state index is -0.425. The molecule has 160 valence electrons. The summed E-state index contributed by atoms with van der Waals surface area (Å²) in [5.41, 5.74) is 4.32. The van der Waals surface area contributed by atoms with Gasteiger partial charge in [-0.1, -0.05) is 58.0 Å². The fraction of sp³-hybridized carbons (Fsp3) is 0.182. The van der Waals surface area contributed by atoms with Crippen molar-refractivity contribution in [2.24, 2.45) is 5.10 Å². The van der Waals surface area contributed by atoms with E-state index in [1.165, 1.54) is 11.8 Å². The molecule has 0 bridgehead atoms. The standard InChI is InChI=1S/C22H22BrN5O2S/c1-4-11-28-20(17-8-6-9-18(23)13-17)25-27-22(28)31-15(2)21(29)26-24-14-16-7-5-10-19(12-16)30-3/h4-10,12-15H,1,11H2,2-3H3,(H,26,29)/b24-14-/t15-/m1/s1. The van der Waals surface area contributed by atoms with E-state index >= 15 is 0 Å². The molecule has 0 saturated heterocycles. The van der Waals surface area contributed by atoms with Crippen LogP contribution in [0.3, 0.4) is 0 Å². The molecule has 0 aliphatic carbocycles. The van der Waals surface area contributed by atoms with Crippen molar-refractivity contribution in [3.05, 3.63) is 71.2 Å². The van der Waals surface area contributed by atoms with Crippen molar-refractivity contribution in [2.75, 3.05) is 7.11 Å². The third-order valence-corrected chi connectivity index (χ3v) is 5.82. The number of rotatable bonds is 9. The summed E-state index contributed by atoms with van der Waals surface area (Å²) in [6, 6.07) is 15.2. The fourth-order valence-corrected chi connectivity index (χ4v) is 3.96. The highest BCUT2D eigenvalue weighted by atomic mass is 79.9. The molecule has 3 aromatic rings. The van der Waals surface area contributed by atoms with Crippen molar-refractivity contribution in [1.29, 1.82) is 0 Å². The van der Waals surface area contributed by atoms with Gasteiger partial charge in [0.15, 0.2) is 11.0 Å². The first-order valence-electron chi connectivity index (χ1n) is 9.45. The first kappa shape index (κ1) is 22.8. The highest BCUT2D eigenvalue weighted by Gasteiger charge is 2.20. The number of methoxy groups -OCH3 is 1. The molecular weight excluding hydrogens is 478 g/mol. The highest BCUT2D eigenvalue weighted by Crippen LogP contribution is 2.28. The molecule has 3 rings (SSSR count). The van der Waals surface area contributed by atoms with E-state index in [-0.39, 0.29) is 5.91 Å². The van der Waals surface area contributed by atoms with Crippen LogP contribution in [0.5, 0.6) is 5.75 Å². The molecule has 1 N–H and O–H groups in total. The van der Waals surface area contributed by atoms with Gasteiger partial charge in [0.1, 0.15) is 5.75 Å². The Kier molecular flexibility index (Phi) is 8.02. The molecule has 0 saturated carbocycles. The van der Waals surface area contributed by atoms with Crippen molar-refractivity contribution in [3.8, 4) is 17.1 Å². The molecule has 1 aromatic heterocycles. The number of allylic oxidation sites excluding steroid dienone is 1. The molecule has 31 heavy (non-hydrogen) atoms. The van der Waals surface area contributed by atoms with E-state index in [1.807, 2.05) is 53.1 Å². The van der Waals surface area contributed by atoms with Crippen molar-refractivity contribution >= 4 is 39.8 Å². The Morgan fingerprint density at radius 1 is 1.32 bits per heavy atom. The quantitative estimate of drug-likeness (QED) is 0.202. The number of carbonyl (C=O) groups excluding carboxylic acids is 1. The Balaban J connectivity index is 1.69. The largest absolute Gasteiger partial charge is 0.497 e. The van der Waals surface area contributed by atoms with Crippen LogP contribution in [0.15, 0.2) is 75.9 Å². The lowest BCUT2D eigenvalue weighted by atomic mass is 10.2. The summed E-state index contributed by atoms with van der Waals surface area (Å²) >= 11 is 4.80. The summed E-state index contributed by atoms with van der Waals surface area (Å²) in [5, 5.41) is 12.9. The molecule has 0 aliphatic rings. The molecular formula is C22H22BrN5O2S. The van der Waals surface area contributed by atoms with Gasteiger partial charge in [-0.15, -0.1) is 16.8 Å². The van der Waals surface area contributed by atoms with Gasteiger partial charge in [-0.25, -0.2) is 5.43 Å². The molecule has 1 amide bonds. The van der Waals surface area contributed by atoms with Gasteiger partial charge >= 0.3 is 0 Å². The average Bonchev–Trinajstić information content (AvgIpc) is 3.16. The highest BCUT2D eigenvalue weighted by molar-refractivity contribution is 9.10. The van der Waals surface area contributed by atoms with Gasteiger partial charge in [-0.3, -0.25) is 9.36 Å². The van der Waals surface area contributed by atoms with Crippen LogP contribution < -0.4 is 10.2 Å². The van der Waals surface area contributed by atoms with Crippen molar-refractivity contribution in [3.63, 3.8) is 0 Å². The van der Waals surface area contributed by atoms with E-state index in [0.717, 1.165) is 21.3 Å². The van der Waals surface area contributed by atoms with Gasteiger partial charge in [0.25, 0.3) is 5.91 Å². The predicted octanol–water partition coefficient (Wildman–Crippen LogP) is 4.53. The van der Waals surface area contributed by atoms with Crippen LogP contribution in [-0.4, -0.2) is 39.2 Å². The third kappa shape index (κ3) is 6.05. The number of nitrogens with zero attached hydrogens (tertiary/aromatic N) is 4. The third-order valence-electron chi connectivity index (χ3n) is 4.24. The Morgan fingerprint density at radius 3 is 2.87 bits per heavy atom. The van der Waals surface area contributed by atoms with Gasteiger partial charge < -0.3 is 4.74 Å². The first-order valence-corrected chi connectivity index (χ1v) is 11.1. The number of benzene rings is 2. The number of nitrogens with one attached hydrogen (secondary N) is 1. The lowest BCUT2D eigenvalue weighted by Crippen LogP contribution is -2.27. The number of halogens is 1. The van der Waals surface area contributed by atoms with Crippen LogP contribution in [0.2, 0.25) is 0 Å². The molecule has 0 fully saturated rings. The number of aromatic nitrogens is 3. The number of carbonyl (C=O) groups is 1. The van der Waals surface area contributed by atoms with Crippen molar-refractivity contribution in [2.45, 2.75) is 23.9 Å². The number of ether oxygens (including phenoxy) is 1. The van der Waals surface area contributed by atoms with E-state index in [1.54, 1.807) is 26.3 Å². The zero-order valence-corrected chi connectivity index (χ0v) is 19.6. The summed E-state index contributed by atoms with van der Waals surface area (Å²) in [6.45, 7) is 6.15. The van der Waals surface area contributed by atoms with E-state index in [4.69, 9.17) is 4.74 Å². The van der Waals surface area contributed by atoms with Gasteiger partial charge in [-0.05, 0) is 36.8 Å². The number of hydrazone groups is 1. The number of hydrogen-bond acceptors (Lipinski definition) is 6.